The molecule has 1 N–H and O–H groups in total. The Morgan fingerprint density at radius 3 is 2.80 bits per heavy atom. The van der Waals surface area contributed by atoms with Crippen molar-refractivity contribution < 1.29 is 28.6 Å². The summed E-state index contributed by atoms with van der Waals surface area (Å²) in [6.07, 6.45) is -1.48. The van der Waals surface area contributed by atoms with Gasteiger partial charge < -0.3 is 19.5 Å². The fraction of sp³-hybridized carbons (Fsp3) is 0.529. The molecule has 2 aliphatic rings. The Morgan fingerprint density at radius 2 is 2.12 bits per heavy atom. The van der Waals surface area contributed by atoms with Crippen LogP contribution in [0.25, 0.3) is 0 Å². The standard InChI is InChI=1S/C17H19ClFNO5/c1-9-7-20(8-14(25-9)17(22)23)16(21)11-4-5-24-15(11)10-2-3-12(18)13(19)6-10/h2-3,6,9,11,14-15H,4-5,7-8H2,1H3,(H,22,23)/t9-,11-,14?,15+/m1/s1. The number of halogens is 2. The van der Waals surface area contributed by atoms with Crippen LogP contribution in [0.1, 0.15) is 25.0 Å². The van der Waals surface area contributed by atoms with E-state index in [1.165, 1.54) is 17.0 Å². The third-order valence-corrected chi connectivity index (χ3v) is 4.84. The van der Waals surface area contributed by atoms with Gasteiger partial charge in [-0.2, -0.15) is 0 Å². The highest BCUT2D eigenvalue weighted by Gasteiger charge is 2.41. The lowest BCUT2D eigenvalue weighted by atomic mass is 9.93. The number of amides is 1. The summed E-state index contributed by atoms with van der Waals surface area (Å²) in [4.78, 5) is 25.6. The smallest absolute Gasteiger partial charge is 0.334 e. The average molecular weight is 372 g/mol. The number of carboxylic acids is 1. The molecular weight excluding hydrogens is 353 g/mol. The molecule has 8 heteroatoms. The summed E-state index contributed by atoms with van der Waals surface area (Å²) in [6, 6.07) is 4.36. The Balaban J connectivity index is 1.78. The first-order valence-corrected chi connectivity index (χ1v) is 8.48. The van der Waals surface area contributed by atoms with Crippen molar-refractivity contribution in [3.8, 4) is 0 Å². The second kappa shape index (κ2) is 7.27. The van der Waals surface area contributed by atoms with Gasteiger partial charge in [0.25, 0.3) is 0 Å². The van der Waals surface area contributed by atoms with E-state index >= 15 is 0 Å². The molecule has 1 aromatic rings. The van der Waals surface area contributed by atoms with Crippen LogP contribution in [-0.2, 0) is 19.1 Å². The summed E-state index contributed by atoms with van der Waals surface area (Å²) in [6.45, 7) is 2.43. The average Bonchev–Trinajstić information content (AvgIpc) is 3.05. The molecule has 1 amide bonds. The summed E-state index contributed by atoms with van der Waals surface area (Å²) in [7, 11) is 0. The topological polar surface area (TPSA) is 76.1 Å². The second-order valence-corrected chi connectivity index (χ2v) is 6.78. The van der Waals surface area contributed by atoms with Crippen LogP contribution in [0, 0.1) is 11.7 Å². The summed E-state index contributed by atoms with van der Waals surface area (Å²) >= 11 is 5.71. The van der Waals surface area contributed by atoms with Gasteiger partial charge >= 0.3 is 5.97 Å². The maximum absolute atomic E-state index is 13.7. The van der Waals surface area contributed by atoms with Crippen molar-refractivity contribution in [1.82, 2.24) is 4.90 Å². The van der Waals surface area contributed by atoms with Crippen molar-refractivity contribution in [2.24, 2.45) is 5.92 Å². The van der Waals surface area contributed by atoms with Crippen molar-refractivity contribution in [2.75, 3.05) is 19.7 Å². The van der Waals surface area contributed by atoms with E-state index in [9.17, 15) is 14.0 Å². The fourth-order valence-electron chi connectivity index (χ4n) is 3.36. The molecule has 0 bridgehead atoms. The summed E-state index contributed by atoms with van der Waals surface area (Å²) in [5.74, 6) is -2.34. The first-order chi connectivity index (χ1) is 11.9. The van der Waals surface area contributed by atoms with Crippen LogP contribution in [0.15, 0.2) is 18.2 Å². The zero-order valence-electron chi connectivity index (χ0n) is 13.7. The van der Waals surface area contributed by atoms with E-state index in [0.717, 1.165) is 0 Å². The number of carbonyl (C=O) groups excluding carboxylic acids is 1. The molecule has 6 nitrogen and oxygen atoms in total. The van der Waals surface area contributed by atoms with Crippen molar-refractivity contribution in [3.05, 3.63) is 34.6 Å². The quantitative estimate of drug-likeness (QED) is 0.882. The maximum Gasteiger partial charge on any atom is 0.334 e. The molecule has 0 radical (unpaired) electrons. The van der Waals surface area contributed by atoms with Gasteiger partial charge in [-0.15, -0.1) is 0 Å². The highest BCUT2D eigenvalue weighted by Crippen LogP contribution is 2.37. The molecule has 2 saturated heterocycles. The first kappa shape index (κ1) is 18.1. The number of aliphatic carboxylic acids is 1. The predicted molar refractivity (Wildman–Crippen MR) is 86.8 cm³/mol. The number of morpholine rings is 1. The number of carboxylic acid groups (broad SMARTS) is 1. The van der Waals surface area contributed by atoms with Gasteiger partial charge in [0.2, 0.25) is 5.91 Å². The van der Waals surface area contributed by atoms with Crippen molar-refractivity contribution in [3.63, 3.8) is 0 Å². The van der Waals surface area contributed by atoms with E-state index in [1.807, 2.05) is 0 Å². The largest absolute Gasteiger partial charge is 0.479 e. The predicted octanol–water partition coefficient (Wildman–Crippen LogP) is 2.26. The minimum atomic E-state index is -1.09. The van der Waals surface area contributed by atoms with Crippen LogP contribution in [0.2, 0.25) is 5.02 Å². The van der Waals surface area contributed by atoms with E-state index in [-0.39, 0.29) is 23.6 Å². The molecule has 25 heavy (non-hydrogen) atoms. The number of ether oxygens (including phenoxy) is 2. The third-order valence-electron chi connectivity index (χ3n) is 4.53. The fourth-order valence-corrected chi connectivity index (χ4v) is 3.48. The Labute approximate surface area is 149 Å². The highest BCUT2D eigenvalue weighted by atomic mass is 35.5. The Morgan fingerprint density at radius 1 is 1.36 bits per heavy atom. The monoisotopic (exact) mass is 371 g/mol. The van der Waals surface area contributed by atoms with Crippen LogP contribution in [0.5, 0.6) is 0 Å². The second-order valence-electron chi connectivity index (χ2n) is 6.38. The molecule has 0 spiro atoms. The molecule has 3 rings (SSSR count). The SMILES string of the molecule is C[C@@H]1CN(C(=O)[C@@H]2CCO[C@H]2c2ccc(Cl)c(F)c2)CC(C(=O)O)O1. The van der Waals surface area contributed by atoms with Gasteiger partial charge in [0.15, 0.2) is 6.10 Å². The minimum absolute atomic E-state index is 0.00327. The van der Waals surface area contributed by atoms with E-state index in [0.29, 0.717) is 25.1 Å². The van der Waals surface area contributed by atoms with Gasteiger partial charge in [0.1, 0.15) is 5.82 Å². The lowest BCUT2D eigenvalue weighted by molar-refractivity contribution is -0.168. The first-order valence-electron chi connectivity index (χ1n) is 8.10. The molecule has 1 aromatic carbocycles. The lowest BCUT2D eigenvalue weighted by Gasteiger charge is -2.36. The van der Waals surface area contributed by atoms with Gasteiger partial charge in [0, 0.05) is 13.2 Å². The van der Waals surface area contributed by atoms with Crippen LogP contribution >= 0.6 is 11.6 Å². The molecule has 136 valence electrons. The number of carbonyl (C=O) groups is 2. The van der Waals surface area contributed by atoms with Crippen LogP contribution in [0.4, 0.5) is 4.39 Å². The highest BCUT2D eigenvalue weighted by molar-refractivity contribution is 6.30. The van der Waals surface area contributed by atoms with Gasteiger partial charge in [-0.3, -0.25) is 4.79 Å². The molecule has 4 atom stereocenters. The molecular formula is C17H19ClFNO5. The molecule has 2 heterocycles. The molecule has 0 aromatic heterocycles. The minimum Gasteiger partial charge on any atom is -0.479 e. The van der Waals surface area contributed by atoms with Crippen molar-refractivity contribution in [2.45, 2.75) is 31.7 Å². The number of hydrogen-bond acceptors (Lipinski definition) is 4. The molecule has 0 saturated carbocycles. The van der Waals surface area contributed by atoms with Crippen LogP contribution < -0.4 is 0 Å². The van der Waals surface area contributed by atoms with E-state index in [4.69, 9.17) is 26.2 Å². The number of benzene rings is 1. The maximum atomic E-state index is 13.7. The summed E-state index contributed by atoms with van der Waals surface area (Å²) < 4.78 is 24.7. The molecule has 2 aliphatic heterocycles. The normalized spacial score (nSPS) is 29.6. The van der Waals surface area contributed by atoms with Gasteiger partial charge in [-0.05, 0) is 31.0 Å². The Kier molecular flexibility index (Phi) is 5.27. The van der Waals surface area contributed by atoms with Gasteiger partial charge in [-0.25, -0.2) is 9.18 Å². The summed E-state index contributed by atoms with van der Waals surface area (Å²) in [5, 5.41) is 9.18. The van der Waals surface area contributed by atoms with E-state index < -0.39 is 29.9 Å². The lowest BCUT2D eigenvalue weighted by Crippen LogP contribution is -2.53. The molecule has 0 aliphatic carbocycles. The summed E-state index contributed by atoms with van der Waals surface area (Å²) in [5.41, 5.74) is 0.550. The van der Waals surface area contributed by atoms with Crippen LogP contribution in [-0.4, -0.2) is 53.8 Å². The zero-order valence-corrected chi connectivity index (χ0v) is 14.4. The Bertz CT molecular complexity index is 685. The number of hydrogen-bond donors (Lipinski definition) is 1. The van der Waals surface area contributed by atoms with E-state index in [1.54, 1.807) is 13.0 Å². The van der Waals surface area contributed by atoms with Gasteiger partial charge in [0.05, 0.1) is 29.7 Å². The number of nitrogens with zero attached hydrogens (tertiary/aromatic N) is 1. The van der Waals surface area contributed by atoms with Crippen LogP contribution in [0.3, 0.4) is 0 Å². The third kappa shape index (κ3) is 3.78. The van der Waals surface area contributed by atoms with E-state index in [2.05, 4.69) is 0 Å². The Hall–Kier alpha value is -1.70. The van der Waals surface area contributed by atoms with Gasteiger partial charge in [-0.1, -0.05) is 17.7 Å². The van der Waals surface area contributed by atoms with Crippen molar-refractivity contribution in [1.29, 1.82) is 0 Å². The number of rotatable bonds is 3. The molecule has 1 unspecified atom stereocenters. The zero-order chi connectivity index (χ0) is 18.1. The molecule has 2 fully saturated rings. The van der Waals surface area contributed by atoms with Crippen molar-refractivity contribution >= 4 is 23.5 Å².